The highest BCUT2D eigenvalue weighted by Crippen LogP contribution is 2.25. The van der Waals surface area contributed by atoms with Crippen LogP contribution in [0.25, 0.3) is 0 Å². The van der Waals surface area contributed by atoms with Crippen LogP contribution in [-0.2, 0) is 10.0 Å². The van der Waals surface area contributed by atoms with Crippen LogP contribution >= 0.6 is 15.9 Å². The van der Waals surface area contributed by atoms with Crippen LogP contribution in [0.3, 0.4) is 0 Å². The summed E-state index contributed by atoms with van der Waals surface area (Å²) in [6.45, 7) is 4.83. The molecule has 1 aliphatic rings. The Labute approximate surface area is 135 Å². The molecule has 2 N–H and O–H groups in total. The van der Waals surface area contributed by atoms with Crippen LogP contribution in [0.15, 0.2) is 16.6 Å². The average Bonchev–Trinajstić information content (AvgIpc) is 3.19. The van der Waals surface area contributed by atoms with Gasteiger partial charge in [0.1, 0.15) is 0 Å². The van der Waals surface area contributed by atoms with E-state index in [1.807, 2.05) is 26.0 Å². The Hall–Kier alpha value is -0.590. The van der Waals surface area contributed by atoms with E-state index in [2.05, 4.69) is 26.0 Å². The van der Waals surface area contributed by atoms with Crippen molar-refractivity contribution < 1.29 is 8.42 Å². The summed E-state index contributed by atoms with van der Waals surface area (Å²) in [7, 11) is -3.26. The Bertz CT molecular complexity index is 575. The van der Waals surface area contributed by atoms with Crippen LogP contribution in [0.5, 0.6) is 0 Å². The molecule has 0 heterocycles. The fourth-order valence-corrected chi connectivity index (χ4v) is 3.64. The van der Waals surface area contributed by atoms with E-state index in [9.17, 15) is 8.42 Å². The second kappa shape index (κ2) is 7.11. The van der Waals surface area contributed by atoms with Crippen molar-refractivity contribution >= 4 is 31.6 Å². The Morgan fingerprint density at radius 2 is 1.81 bits per heavy atom. The van der Waals surface area contributed by atoms with Gasteiger partial charge in [-0.3, -0.25) is 4.72 Å². The van der Waals surface area contributed by atoms with Gasteiger partial charge in [0.15, 0.2) is 0 Å². The van der Waals surface area contributed by atoms with Crippen LogP contribution in [0.1, 0.15) is 36.8 Å². The molecule has 4 nitrogen and oxygen atoms in total. The topological polar surface area (TPSA) is 58.2 Å². The van der Waals surface area contributed by atoms with Crippen LogP contribution < -0.4 is 10.0 Å². The van der Waals surface area contributed by atoms with E-state index in [-0.39, 0.29) is 5.75 Å². The zero-order valence-corrected chi connectivity index (χ0v) is 15.0. The van der Waals surface area contributed by atoms with Gasteiger partial charge in [0.25, 0.3) is 0 Å². The third kappa shape index (κ3) is 5.60. The van der Waals surface area contributed by atoms with Gasteiger partial charge in [-0.1, -0.05) is 15.9 Å². The number of sulfonamides is 1. The molecule has 0 radical (unpaired) electrons. The third-order valence-electron chi connectivity index (χ3n) is 3.56. The number of benzene rings is 1. The number of nitrogens with one attached hydrogen (secondary N) is 2. The first kappa shape index (κ1) is 16.8. The number of hydrogen-bond donors (Lipinski definition) is 2. The Morgan fingerprint density at radius 3 is 2.38 bits per heavy atom. The molecule has 0 spiro atoms. The predicted molar refractivity (Wildman–Crippen MR) is 91.3 cm³/mol. The molecule has 118 valence electrons. The van der Waals surface area contributed by atoms with Crippen molar-refractivity contribution in [2.45, 2.75) is 45.6 Å². The summed E-state index contributed by atoms with van der Waals surface area (Å²) in [5.41, 5.74) is 2.70. The Kier molecular flexibility index (Phi) is 5.68. The highest BCUT2D eigenvalue weighted by Gasteiger charge is 2.19. The van der Waals surface area contributed by atoms with Gasteiger partial charge in [-0.2, -0.15) is 0 Å². The highest BCUT2D eigenvalue weighted by atomic mass is 79.9. The number of unbranched alkanes of at least 4 members (excludes halogenated alkanes) is 1. The van der Waals surface area contributed by atoms with Gasteiger partial charge in [0, 0.05) is 16.2 Å². The molecule has 1 fully saturated rings. The fraction of sp³-hybridized carbons (Fsp3) is 0.600. The quantitative estimate of drug-likeness (QED) is 0.686. The molecule has 0 bridgehead atoms. The van der Waals surface area contributed by atoms with E-state index in [4.69, 9.17) is 0 Å². The summed E-state index contributed by atoms with van der Waals surface area (Å²) in [6, 6.07) is 4.39. The minimum absolute atomic E-state index is 0.174. The van der Waals surface area contributed by atoms with Crippen molar-refractivity contribution in [2.75, 3.05) is 17.0 Å². The molecule has 1 saturated carbocycles. The van der Waals surface area contributed by atoms with Crippen LogP contribution in [0, 0.1) is 13.8 Å². The van der Waals surface area contributed by atoms with E-state index >= 15 is 0 Å². The first-order chi connectivity index (χ1) is 9.87. The molecular formula is C15H23BrN2O2S. The molecule has 0 saturated heterocycles. The summed E-state index contributed by atoms with van der Waals surface area (Å²) in [5, 5.41) is 3.39. The molecular weight excluding hydrogens is 352 g/mol. The Balaban J connectivity index is 1.82. The molecule has 21 heavy (non-hydrogen) atoms. The number of halogens is 1. The van der Waals surface area contributed by atoms with Gasteiger partial charge in [0.05, 0.1) is 5.75 Å². The zero-order valence-electron chi connectivity index (χ0n) is 12.6. The molecule has 0 atom stereocenters. The van der Waals surface area contributed by atoms with Gasteiger partial charge >= 0.3 is 0 Å². The van der Waals surface area contributed by atoms with Crippen LogP contribution in [0.2, 0.25) is 0 Å². The Morgan fingerprint density at radius 1 is 1.19 bits per heavy atom. The number of aryl methyl sites for hydroxylation is 2. The van der Waals surface area contributed by atoms with Gasteiger partial charge in [-0.25, -0.2) is 8.42 Å². The maximum atomic E-state index is 12.1. The lowest BCUT2D eigenvalue weighted by molar-refractivity contribution is 0.591. The molecule has 6 heteroatoms. The van der Waals surface area contributed by atoms with Gasteiger partial charge in [-0.15, -0.1) is 0 Å². The van der Waals surface area contributed by atoms with Gasteiger partial charge in [0.2, 0.25) is 10.0 Å². The lowest BCUT2D eigenvalue weighted by Crippen LogP contribution is -2.20. The van der Waals surface area contributed by atoms with E-state index in [1.165, 1.54) is 12.8 Å². The minimum atomic E-state index is -3.26. The molecule has 0 unspecified atom stereocenters. The smallest absolute Gasteiger partial charge is 0.232 e. The average molecular weight is 375 g/mol. The normalized spacial score (nSPS) is 15.2. The standard InChI is InChI=1S/C15H23BrN2O2S/c1-11-9-14(10-12(2)15(11)16)18-21(19,20)8-4-3-7-17-13-5-6-13/h9-10,13,17-18H,3-8H2,1-2H3. The van der Waals surface area contributed by atoms with Gasteiger partial charge in [-0.05, 0) is 69.3 Å². The van der Waals surface area contributed by atoms with Crippen molar-refractivity contribution in [3.63, 3.8) is 0 Å². The maximum absolute atomic E-state index is 12.1. The predicted octanol–water partition coefficient (Wildman–Crippen LogP) is 3.34. The number of hydrogen-bond acceptors (Lipinski definition) is 3. The summed E-state index contributed by atoms with van der Waals surface area (Å²) >= 11 is 3.48. The first-order valence-electron chi connectivity index (χ1n) is 7.38. The lowest BCUT2D eigenvalue weighted by Gasteiger charge is -2.11. The van der Waals surface area contributed by atoms with Crippen molar-refractivity contribution in [2.24, 2.45) is 0 Å². The van der Waals surface area contributed by atoms with E-state index < -0.39 is 10.0 Å². The summed E-state index contributed by atoms with van der Waals surface area (Å²) < 4.78 is 27.8. The van der Waals surface area contributed by atoms with Crippen molar-refractivity contribution in [3.05, 3.63) is 27.7 Å². The minimum Gasteiger partial charge on any atom is -0.314 e. The molecule has 0 aliphatic heterocycles. The highest BCUT2D eigenvalue weighted by molar-refractivity contribution is 9.10. The first-order valence-corrected chi connectivity index (χ1v) is 9.82. The number of rotatable bonds is 8. The molecule has 0 aromatic heterocycles. The largest absolute Gasteiger partial charge is 0.314 e. The van der Waals surface area contributed by atoms with Crippen molar-refractivity contribution in [1.29, 1.82) is 0 Å². The second-order valence-electron chi connectivity index (χ2n) is 5.78. The molecule has 0 amide bonds. The van der Waals surface area contributed by atoms with E-state index in [0.717, 1.165) is 28.6 Å². The van der Waals surface area contributed by atoms with E-state index in [1.54, 1.807) is 0 Å². The monoisotopic (exact) mass is 374 g/mol. The maximum Gasteiger partial charge on any atom is 0.232 e. The van der Waals surface area contributed by atoms with Crippen LogP contribution in [-0.4, -0.2) is 26.8 Å². The van der Waals surface area contributed by atoms with Gasteiger partial charge < -0.3 is 5.32 Å². The lowest BCUT2D eigenvalue weighted by atomic mass is 10.1. The SMILES string of the molecule is Cc1cc(NS(=O)(=O)CCCCNC2CC2)cc(C)c1Br. The van der Waals surface area contributed by atoms with Crippen LogP contribution in [0.4, 0.5) is 5.69 Å². The summed E-state index contributed by atoms with van der Waals surface area (Å²) in [6.07, 6.45) is 4.11. The summed E-state index contributed by atoms with van der Waals surface area (Å²) in [4.78, 5) is 0. The number of anilines is 1. The zero-order chi connectivity index (χ0) is 15.5. The molecule has 1 aromatic carbocycles. The second-order valence-corrected chi connectivity index (χ2v) is 8.42. The molecule has 2 rings (SSSR count). The molecule has 1 aliphatic carbocycles. The third-order valence-corrected chi connectivity index (χ3v) is 6.18. The molecule has 1 aromatic rings. The fourth-order valence-electron chi connectivity index (χ4n) is 2.25. The van der Waals surface area contributed by atoms with Crippen molar-refractivity contribution in [1.82, 2.24) is 5.32 Å². The van der Waals surface area contributed by atoms with E-state index in [0.29, 0.717) is 18.2 Å². The van der Waals surface area contributed by atoms with Crippen molar-refractivity contribution in [3.8, 4) is 0 Å². The summed E-state index contributed by atoms with van der Waals surface area (Å²) in [5.74, 6) is 0.174.